The lowest BCUT2D eigenvalue weighted by atomic mass is 9.80. The van der Waals surface area contributed by atoms with Crippen LogP contribution in [0.3, 0.4) is 0 Å². The van der Waals surface area contributed by atoms with Crippen LogP contribution in [-0.2, 0) is 33.4 Å². The van der Waals surface area contributed by atoms with Gasteiger partial charge in [0.05, 0.1) is 11.0 Å². The van der Waals surface area contributed by atoms with Crippen molar-refractivity contribution in [1.29, 1.82) is 0 Å². The molecule has 0 bridgehead atoms. The van der Waals surface area contributed by atoms with Gasteiger partial charge in [0.1, 0.15) is 23.0 Å². The second kappa shape index (κ2) is 9.52. The van der Waals surface area contributed by atoms with E-state index in [1.165, 1.54) is 12.1 Å². The molecule has 2 fully saturated rings. The van der Waals surface area contributed by atoms with Crippen molar-refractivity contribution in [3.05, 3.63) is 94.5 Å². The summed E-state index contributed by atoms with van der Waals surface area (Å²) >= 11 is 0. The zero-order valence-electron chi connectivity index (χ0n) is 23.8. The summed E-state index contributed by atoms with van der Waals surface area (Å²) in [5, 5.41) is 2.93. The Bertz CT molecular complexity index is 1630. The first kappa shape index (κ1) is 26.9. The van der Waals surface area contributed by atoms with Gasteiger partial charge in [-0.3, -0.25) is 19.5 Å². The first-order chi connectivity index (χ1) is 20.1. The van der Waals surface area contributed by atoms with E-state index < -0.39 is 28.1 Å². The molecule has 3 aromatic rings. The molecule has 4 heterocycles. The van der Waals surface area contributed by atoms with E-state index in [0.717, 1.165) is 54.1 Å². The van der Waals surface area contributed by atoms with Gasteiger partial charge < -0.3 is 10.2 Å². The minimum atomic E-state index is -0.924. The molecule has 2 amide bonds. The van der Waals surface area contributed by atoms with Crippen LogP contribution in [-0.4, -0.2) is 57.3 Å². The largest absolute Gasteiger partial charge is 0.327 e. The Morgan fingerprint density at radius 3 is 2.57 bits per heavy atom. The maximum absolute atomic E-state index is 14.4. The van der Waals surface area contributed by atoms with Crippen LogP contribution >= 0.6 is 0 Å². The number of benzene rings is 1. The van der Waals surface area contributed by atoms with Gasteiger partial charge in [-0.2, -0.15) is 0 Å². The van der Waals surface area contributed by atoms with Gasteiger partial charge in [0.25, 0.3) is 0 Å². The smallest absolute Gasteiger partial charge is 0.244 e. The maximum atomic E-state index is 14.4. The Morgan fingerprint density at radius 1 is 1.05 bits per heavy atom. The number of anilines is 1. The number of likely N-dealkylation sites (N-methyl/N-ethyl adjacent to an activating group) is 1. The number of amides is 2. The van der Waals surface area contributed by atoms with Crippen LogP contribution in [0.25, 0.3) is 6.08 Å². The Hall–Kier alpha value is -3.98. The molecule has 1 aromatic carbocycles. The monoisotopic (exact) mass is 569 g/mol. The van der Waals surface area contributed by atoms with E-state index >= 15 is 0 Å². The van der Waals surface area contributed by atoms with E-state index in [-0.39, 0.29) is 18.4 Å². The summed E-state index contributed by atoms with van der Waals surface area (Å²) in [6, 6.07) is 9.40. The third-order valence-electron chi connectivity index (χ3n) is 10.1. The van der Waals surface area contributed by atoms with Gasteiger partial charge in [0, 0.05) is 49.2 Å². The fourth-order valence-electron chi connectivity index (χ4n) is 7.81. The van der Waals surface area contributed by atoms with Gasteiger partial charge >= 0.3 is 0 Å². The molecule has 7 nitrogen and oxygen atoms in total. The zero-order valence-corrected chi connectivity index (χ0v) is 23.8. The van der Waals surface area contributed by atoms with Crippen LogP contribution in [0.5, 0.6) is 0 Å². The predicted octanol–water partition coefficient (Wildman–Crippen LogP) is 4.76. The van der Waals surface area contributed by atoms with E-state index in [1.807, 2.05) is 38.3 Å². The summed E-state index contributed by atoms with van der Waals surface area (Å²) < 4.78 is 28.7. The fourth-order valence-corrected chi connectivity index (χ4v) is 7.81. The van der Waals surface area contributed by atoms with Crippen molar-refractivity contribution < 1.29 is 18.4 Å². The van der Waals surface area contributed by atoms with Crippen molar-refractivity contribution in [2.75, 3.05) is 25.5 Å². The molecule has 1 saturated heterocycles. The molecule has 9 heteroatoms. The van der Waals surface area contributed by atoms with Gasteiger partial charge in [-0.1, -0.05) is 31.1 Å². The number of piperazine rings is 1. The molecular weight excluding hydrogens is 536 g/mol. The Morgan fingerprint density at radius 2 is 1.81 bits per heavy atom. The van der Waals surface area contributed by atoms with Crippen LogP contribution in [0.15, 0.2) is 54.9 Å². The standard InChI is InChI=1S/C33H33F2N5O2/c1-31(23-14-24(34)16-25(35)15-23)20-39(2)33(9-3-4-10-33)30(42)40(31)12-6-7-21-13-22-17-32(18-27(22)37-19-21)26-8-5-11-36-28(26)38-29(32)41/h5-8,11,13-16,19H,3-4,9-10,12,17-18,20H2,1-2H3,(H,36,38,41)/b7-6+/t31-,32-/m0/s1. The number of hydrogen-bond acceptors (Lipinski definition) is 5. The summed E-state index contributed by atoms with van der Waals surface area (Å²) in [4.78, 5) is 40.2. The highest BCUT2D eigenvalue weighted by molar-refractivity contribution is 6.06. The van der Waals surface area contributed by atoms with Crippen LogP contribution < -0.4 is 5.32 Å². The SMILES string of the molecule is CN1C[C@@](C)(c2cc(F)cc(F)c2)N(C/C=C/c2cnc3c(c2)C[C@@]2(C3)C(=O)Nc3ncccc32)C(=O)C12CCCC2. The van der Waals surface area contributed by atoms with Gasteiger partial charge in [-0.05, 0) is 74.2 Å². The van der Waals surface area contributed by atoms with Gasteiger partial charge in [0.15, 0.2) is 0 Å². The van der Waals surface area contributed by atoms with Gasteiger partial charge in [0.2, 0.25) is 11.8 Å². The van der Waals surface area contributed by atoms with E-state index in [2.05, 4.69) is 21.3 Å². The Kier molecular flexibility index (Phi) is 6.10. The zero-order chi connectivity index (χ0) is 29.3. The molecule has 4 aliphatic rings. The lowest BCUT2D eigenvalue weighted by molar-refractivity contribution is -0.162. The lowest BCUT2D eigenvalue weighted by Crippen LogP contribution is -2.70. The predicted molar refractivity (Wildman–Crippen MR) is 154 cm³/mol. The van der Waals surface area contributed by atoms with Crippen LogP contribution in [0.2, 0.25) is 0 Å². The molecule has 1 saturated carbocycles. The molecule has 42 heavy (non-hydrogen) atoms. The minimum absolute atomic E-state index is 0.000824. The number of hydrogen-bond donors (Lipinski definition) is 1. The number of rotatable bonds is 4. The molecule has 7 rings (SSSR count). The molecule has 1 N–H and O–H groups in total. The summed E-state index contributed by atoms with van der Waals surface area (Å²) in [6.07, 6.45) is 11.9. The van der Waals surface area contributed by atoms with Crippen LogP contribution in [0.1, 0.15) is 60.6 Å². The number of carbonyl (C=O) groups is 2. The fraction of sp³-hybridized carbons (Fsp3) is 0.394. The summed E-state index contributed by atoms with van der Waals surface area (Å²) in [6.45, 7) is 2.64. The van der Waals surface area contributed by atoms with Crippen molar-refractivity contribution in [3.63, 3.8) is 0 Å². The normalized spacial score (nSPS) is 26.4. The van der Waals surface area contributed by atoms with Gasteiger partial charge in [-0.15, -0.1) is 0 Å². The quantitative estimate of drug-likeness (QED) is 0.491. The number of aromatic nitrogens is 2. The molecular formula is C33H33F2N5O2. The highest BCUT2D eigenvalue weighted by atomic mass is 19.1. The first-order valence-corrected chi connectivity index (χ1v) is 14.6. The number of halogens is 2. The molecule has 0 unspecified atom stereocenters. The third kappa shape index (κ3) is 3.93. The van der Waals surface area contributed by atoms with E-state index in [4.69, 9.17) is 4.98 Å². The van der Waals surface area contributed by atoms with Crippen molar-refractivity contribution in [2.24, 2.45) is 0 Å². The number of pyridine rings is 2. The first-order valence-electron chi connectivity index (χ1n) is 14.6. The maximum Gasteiger partial charge on any atom is 0.244 e. The third-order valence-corrected chi connectivity index (χ3v) is 10.1. The van der Waals surface area contributed by atoms with Gasteiger partial charge in [-0.25, -0.2) is 13.8 Å². The molecule has 216 valence electrons. The van der Waals surface area contributed by atoms with E-state index in [9.17, 15) is 18.4 Å². The Balaban J connectivity index is 1.17. The minimum Gasteiger partial charge on any atom is -0.327 e. The van der Waals surface area contributed by atoms with Crippen molar-refractivity contribution in [3.8, 4) is 0 Å². The molecule has 2 aliphatic heterocycles. The highest BCUT2D eigenvalue weighted by Gasteiger charge is 2.56. The molecule has 2 aromatic heterocycles. The van der Waals surface area contributed by atoms with E-state index in [0.29, 0.717) is 30.8 Å². The average molecular weight is 570 g/mol. The average Bonchev–Trinajstić information content (AvgIpc) is 3.66. The highest BCUT2D eigenvalue weighted by Crippen LogP contribution is 2.47. The summed E-state index contributed by atoms with van der Waals surface area (Å²) in [7, 11) is 1.95. The topological polar surface area (TPSA) is 78.4 Å². The van der Waals surface area contributed by atoms with Crippen molar-refractivity contribution in [2.45, 2.75) is 61.9 Å². The molecule has 0 radical (unpaired) electrons. The van der Waals surface area contributed by atoms with Crippen molar-refractivity contribution >= 4 is 23.7 Å². The Labute approximate surface area is 243 Å². The number of fused-ring (bicyclic) bond motifs is 3. The summed E-state index contributed by atoms with van der Waals surface area (Å²) in [5.74, 6) is -0.745. The second-order valence-electron chi connectivity index (χ2n) is 12.5. The molecule has 2 atom stereocenters. The number of carbonyl (C=O) groups excluding carboxylic acids is 2. The van der Waals surface area contributed by atoms with Crippen molar-refractivity contribution in [1.82, 2.24) is 19.8 Å². The molecule has 2 spiro atoms. The second-order valence-corrected chi connectivity index (χ2v) is 12.5. The van der Waals surface area contributed by atoms with Crippen LogP contribution in [0.4, 0.5) is 14.6 Å². The molecule has 2 aliphatic carbocycles. The van der Waals surface area contributed by atoms with E-state index in [1.54, 1.807) is 17.3 Å². The lowest BCUT2D eigenvalue weighted by Gasteiger charge is -2.55. The summed E-state index contributed by atoms with van der Waals surface area (Å²) in [5.41, 5.74) is 1.93. The van der Waals surface area contributed by atoms with Crippen LogP contribution in [0, 0.1) is 11.6 Å². The number of nitrogens with one attached hydrogen (secondary N) is 1. The number of nitrogens with zero attached hydrogens (tertiary/aromatic N) is 4.